The zero-order valence-corrected chi connectivity index (χ0v) is 12.6. The largest absolute Gasteiger partial charge is 0.339 e. The number of hydrogen-bond acceptors (Lipinski definition) is 4. The molecule has 2 saturated heterocycles. The van der Waals surface area contributed by atoms with Gasteiger partial charge in [-0.25, -0.2) is 0 Å². The van der Waals surface area contributed by atoms with Gasteiger partial charge in [-0.1, -0.05) is 6.92 Å². The van der Waals surface area contributed by atoms with Gasteiger partial charge in [0.2, 0.25) is 5.91 Å². The minimum absolute atomic E-state index is 0.0286. The summed E-state index contributed by atoms with van der Waals surface area (Å²) in [6.07, 6.45) is 1.15. The van der Waals surface area contributed by atoms with Crippen LogP contribution >= 0.6 is 0 Å². The third kappa shape index (κ3) is 3.46. The third-order valence-electron chi connectivity index (χ3n) is 4.61. The van der Waals surface area contributed by atoms with E-state index in [1.807, 2.05) is 4.90 Å². The molecule has 0 spiro atoms. The van der Waals surface area contributed by atoms with Crippen LogP contribution in [0.5, 0.6) is 0 Å². The van der Waals surface area contributed by atoms with Gasteiger partial charge < -0.3 is 15.1 Å². The van der Waals surface area contributed by atoms with Crippen LogP contribution in [0.3, 0.4) is 0 Å². The molecule has 0 saturated carbocycles. The first-order valence-electron chi connectivity index (χ1n) is 7.57. The van der Waals surface area contributed by atoms with Crippen molar-refractivity contribution in [3.8, 4) is 0 Å². The van der Waals surface area contributed by atoms with Crippen LogP contribution in [-0.4, -0.2) is 85.6 Å². The van der Waals surface area contributed by atoms with Gasteiger partial charge in [-0.05, 0) is 20.4 Å². The standard InChI is InChI=1S/C14H28N4O/c1-4-13-11-18(10-9-16(13)3)12(2)14(19)17-7-5-15-6-8-17/h12-13,15H,4-11H2,1-3H3. The lowest BCUT2D eigenvalue weighted by Crippen LogP contribution is -2.59. The van der Waals surface area contributed by atoms with Crippen LogP contribution in [0.1, 0.15) is 20.3 Å². The maximum Gasteiger partial charge on any atom is 0.239 e. The van der Waals surface area contributed by atoms with E-state index in [9.17, 15) is 4.79 Å². The topological polar surface area (TPSA) is 38.8 Å². The van der Waals surface area contributed by atoms with E-state index in [0.29, 0.717) is 11.9 Å². The molecule has 1 N–H and O–H groups in total. The first-order valence-corrected chi connectivity index (χ1v) is 7.57. The molecular weight excluding hydrogens is 240 g/mol. The Labute approximate surface area is 116 Å². The van der Waals surface area contributed by atoms with E-state index in [1.54, 1.807) is 0 Å². The molecule has 19 heavy (non-hydrogen) atoms. The van der Waals surface area contributed by atoms with E-state index in [-0.39, 0.29) is 6.04 Å². The van der Waals surface area contributed by atoms with E-state index in [0.717, 1.165) is 52.2 Å². The number of carbonyl (C=O) groups is 1. The Hall–Kier alpha value is -0.650. The minimum Gasteiger partial charge on any atom is -0.339 e. The lowest BCUT2D eigenvalue weighted by molar-refractivity contribution is -0.138. The molecule has 2 aliphatic heterocycles. The molecule has 5 nitrogen and oxygen atoms in total. The number of amides is 1. The lowest BCUT2D eigenvalue weighted by Gasteiger charge is -2.42. The van der Waals surface area contributed by atoms with Crippen molar-refractivity contribution in [2.45, 2.75) is 32.4 Å². The van der Waals surface area contributed by atoms with Gasteiger partial charge in [0.1, 0.15) is 0 Å². The number of carbonyl (C=O) groups excluding carboxylic acids is 1. The van der Waals surface area contributed by atoms with Crippen molar-refractivity contribution < 1.29 is 4.79 Å². The molecule has 2 atom stereocenters. The summed E-state index contributed by atoms with van der Waals surface area (Å²) in [7, 11) is 2.19. The second-order valence-corrected chi connectivity index (χ2v) is 5.79. The fourth-order valence-corrected chi connectivity index (χ4v) is 3.07. The number of hydrogen-bond donors (Lipinski definition) is 1. The van der Waals surface area contributed by atoms with Crippen LogP contribution in [-0.2, 0) is 4.79 Å². The zero-order chi connectivity index (χ0) is 13.8. The quantitative estimate of drug-likeness (QED) is 0.771. The SMILES string of the molecule is CCC1CN(C(C)C(=O)N2CCNCC2)CCN1C. The fraction of sp³-hybridized carbons (Fsp3) is 0.929. The number of rotatable bonds is 3. The molecule has 0 aliphatic carbocycles. The molecule has 2 unspecified atom stereocenters. The minimum atomic E-state index is 0.0286. The summed E-state index contributed by atoms with van der Waals surface area (Å²) < 4.78 is 0. The normalized spacial score (nSPS) is 28.4. The highest BCUT2D eigenvalue weighted by molar-refractivity contribution is 5.81. The van der Waals surface area contributed by atoms with E-state index in [2.05, 4.69) is 36.0 Å². The van der Waals surface area contributed by atoms with Crippen molar-refractivity contribution in [3.63, 3.8) is 0 Å². The third-order valence-corrected chi connectivity index (χ3v) is 4.61. The smallest absolute Gasteiger partial charge is 0.239 e. The van der Waals surface area contributed by atoms with Gasteiger partial charge in [0.05, 0.1) is 6.04 Å². The van der Waals surface area contributed by atoms with Crippen molar-refractivity contribution in [2.24, 2.45) is 0 Å². The second kappa shape index (κ2) is 6.68. The van der Waals surface area contributed by atoms with Crippen LogP contribution in [0.4, 0.5) is 0 Å². The highest BCUT2D eigenvalue weighted by Crippen LogP contribution is 2.14. The summed E-state index contributed by atoms with van der Waals surface area (Å²) >= 11 is 0. The van der Waals surface area contributed by atoms with Crippen molar-refractivity contribution in [2.75, 3.05) is 52.9 Å². The Balaban J connectivity index is 1.91. The first kappa shape index (κ1) is 14.8. The highest BCUT2D eigenvalue weighted by atomic mass is 16.2. The predicted molar refractivity (Wildman–Crippen MR) is 77.2 cm³/mol. The van der Waals surface area contributed by atoms with Gasteiger partial charge >= 0.3 is 0 Å². The van der Waals surface area contributed by atoms with Crippen molar-refractivity contribution in [3.05, 3.63) is 0 Å². The summed E-state index contributed by atoms with van der Waals surface area (Å²) in [4.78, 5) is 19.3. The van der Waals surface area contributed by atoms with Crippen LogP contribution in [0, 0.1) is 0 Å². The van der Waals surface area contributed by atoms with Gasteiger partial charge in [0.25, 0.3) is 0 Å². The van der Waals surface area contributed by atoms with Crippen molar-refractivity contribution in [1.82, 2.24) is 20.0 Å². The van der Waals surface area contributed by atoms with Gasteiger partial charge in [0.15, 0.2) is 0 Å². The molecule has 2 fully saturated rings. The summed E-state index contributed by atoms with van der Waals surface area (Å²) in [5.74, 6) is 0.306. The molecule has 0 aromatic heterocycles. The Kier molecular flexibility index (Phi) is 5.19. The molecule has 2 heterocycles. The Bertz CT molecular complexity index is 304. The number of nitrogens with zero attached hydrogens (tertiary/aromatic N) is 3. The van der Waals surface area contributed by atoms with Crippen molar-refractivity contribution in [1.29, 1.82) is 0 Å². The van der Waals surface area contributed by atoms with E-state index < -0.39 is 0 Å². The molecule has 2 aliphatic rings. The zero-order valence-electron chi connectivity index (χ0n) is 12.6. The molecule has 2 rings (SSSR count). The number of nitrogens with one attached hydrogen (secondary N) is 1. The molecule has 110 valence electrons. The number of piperazine rings is 2. The fourth-order valence-electron chi connectivity index (χ4n) is 3.07. The van der Waals surface area contributed by atoms with Crippen LogP contribution in [0.25, 0.3) is 0 Å². The molecule has 1 amide bonds. The van der Waals surface area contributed by atoms with E-state index >= 15 is 0 Å². The van der Waals surface area contributed by atoms with Gasteiger partial charge in [-0.3, -0.25) is 9.69 Å². The molecule has 0 bridgehead atoms. The second-order valence-electron chi connectivity index (χ2n) is 5.79. The molecule has 0 radical (unpaired) electrons. The molecular formula is C14H28N4O. The van der Waals surface area contributed by atoms with Crippen LogP contribution in [0.2, 0.25) is 0 Å². The van der Waals surface area contributed by atoms with Crippen molar-refractivity contribution >= 4 is 5.91 Å². The molecule has 0 aromatic carbocycles. The van der Waals surface area contributed by atoms with E-state index in [1.165, 1.54) is 0 Å². The predicted octanol–water partition coefficient (Wildman–Crippen LogP) is -0.167. The number of likely N-dealkylation sites (N-methyl/N-ethyl adjacent to an activating group) is 1. The van der Waals surface area contributed by atoms with Gasteiger partial charge in [0, 0.05) is 51.9 Å². The average molecular weight is 268 g/mol. The van der Waals surface area contributed by atoms with Gasteiger partial charge in [-0.15, -0.1) is 0 Å². The average Bonchev–Trinajstić information content (AvgIpc) is 2.47. The van der Waals surface area contributed by atoms with Crippen LogP contribution < -0.4 is 5.32 Å². The summed E-state index contributed by atoms with van der Waals surface area (Å²) in [5, 5.41) is 3.30. The monoisotopic (exact) mass is 268 g/mol. The lowest BCUT2D eigenvalue weighted by atomic mass is 10.1. The van der Waals surface area contributed by atoms with E-state index in [4.69, 9.17) is 0 Å². The summed E-state index contributed by atoms with van der Waals surface area (Å²) in [5.41, 5.74) is 0. The molecule has 0 aromatic rings. The first-order chi connectivity index (χ1) is 9.13. The Morgan fingerprint density at radius 1 is 1.26 bits per heavy atom. The molecule has 5 heteroatoms. The summed E-state index contributed by atoms with van der Waals surface area (Å²) in [6, 6.07) is 0.618. The highest BCUT2D eigenvalue weighted by Gasteiger charge is 2.31. The Morgan fingerprint density at radius 2 is 1.95 bits per heavy atom. The Morgan fingerprint density at radius 3 is 2.58 bits per heavy atom. The maximum absolute atomic E-state index is 12.5. The van der Waals surface area contributed by atoms with Crippen LogP contribution in [0.15, 0.2) is 0 Å². The van der Waals surface area contributed by atoms with Gasteiger partial charge in [-0.2, -0.15) is 0 Å². The maximum atomic E-state index is 12.5. The summed E-state index contributed by atoms with van der Waals surface area (Å²) in [6.45, 7) is 11.0.